The van der Waals surface area contributed by atoms with E-state index in [4.69, 9.17) is 24.7 Å². The molecule has 3 heterocycles. The van der Waals surface area contributed by atoms with E-state index in [0.29, 0.717) is 17.6 Å². The highest BCUT2D eigenvalue weighted by Gasteiger charge is 2.33. The summed E-state index contributed by atoms with van der Waals surface area (Å²) in [4.78, 5) is 20.4. The SMILES string of the molecule is CC1CC(C2C=CC=CC2)=CC=C1c1nc(-c2ccccc2)nc(-c2ccc3c(c2)C2=C(c4ccc(-c5ccc6c(ccc7ccccc76)c5)nc4)C=CCC2O3)n1. The number of ether oxygens (including phenoxy) is 1. The van der Waals surface area contributed by atoms with Crippen molar-refractivity contribution in [2.24, 2.45) is 11.8 Å². The molecule has 0 saturated heterocycles. The van der Waals surface area contributed by atoms with Crippen molar-refractivity contribution in [3.8, 4) is 39.8 Å². The number of allylic oxidation sites excluding steroid dienone is 10. The van der Waals surface area contributed by atoms with Crippen molar-refractivity contribution in [3.63, 3.8) is 0 Å². The van der Waals surface area contributed by atoms with Crippen LogP contribution in [0.4, 0.5) is 0 Å². The third-order valence-corrected chi connectivity index (χ3v) is 12.1. The van der Waals surface area contributed by atoms with E-state index >= 15 is 0 Å². The first-order chi connectivity index (χ1) is 28.6. The van der Waals surface area contributed by atoms with E-state index in [0.717, 1.165) is 75.5 Å². The predicted octanol–water partition coefficient (Wildman–Crippen LogP) is 12.7. The fourth-order valence-corrected chi connectivity index (χ4v) is 9.07. The first-order valence-electron chi connectivity index (χ1n) is 20.3. The number of rotatable bonds is 6. The highest BCUT2D eigenvalue weighted by Crippen LogP contribution is 2.47. The maximum absolute atomic E-state index is 6.60. The van der Waals surface area contributed by atoms with E-state index in [-0.39, 0.29) is 12.0 Å². The van der Waals surface area contributed by atoms with Crippen molar-refractivity contribution in [2.75, 3.05) is 0 Å². The number of hydrogen-bond donors (Lipinski definition) is 0. The quantitative estimate of drug-likeness (QED) is 0.159. The summed E-state index contributed by atoms with van der Waals surface area (Å²) < 4.78 is 6.60. The van der Waals surface area contributed by atoms with E-state index in [1.54, 1.807) is 0 Å². The van der Waals surface area contributed by atoms with E-state index in [1.165, 1.54) is 32.7 Å². The maximum Gasteiger partial charge on any atom is 0.164 e. The summed E-state index contributed by atoms with van der Waals surface area (Å²) in [5, 5.41) is 4.99. The minimum absolute atomic E-state index is 0.0715. The zero-order valence-electron chi connectivity index (χ0n) is 32.2. The average molecular weight is 749 g/mol. The highest BCUT2D eigenvalue weighted by molar-refractivity contribution is 6.08. The van der Waals surface area contributed by atoms with Gasteiger partial charge in [-0.15, -0.1) is 0 Å². The molecule has 5 aromatic carbocycles. The molecular weight excluding hydrogens is 709 g/mol. The number of pyridine rings is 1. The monoisotopic (exact) mass is 748 g/mol. The number of benzene rings is 5. The van der Waals surface area contributed by atoms with Crippen LogP contribution in [0.1, 0.15) is 43.1 Å². The van der Waals surface area contributed by atoms with Gasteiger partial charge in [0.25, 0.3) is 0 Å². The van der Waals surface area contributed by atoms with E-state index in [2.05, 4.69) is 153 Å². The lowest BCUT2D eigenvalue weighted by atomic mass is 9.80. The second-order valence-electron chi connectivity index (χ2n) is 15.7. The summed E-state index contributed by atoms with van der Waals surface area (Å²) in [6.45, 7) is 2.29. The summed E-state index contributed by atoms with van der Waals surface area (Å²) in [6, 6.07) is 40.5. The Balaban J connectivity index is 0.959. The Bertz CT molecular complexity index is 2970. The molecular formula is C53H40N4O. The largest absolute Gasteiger partial charge is 0.485 e. The molecule has 0 N–H and O–H groups in total. The van der Waals surface area contributed by atoms with Crippen LogP contribution in [0.3, 0.4) is 0 Å². The molecule has 11 rings (SSSR count). The van der Waals surface area contributed by atoms with Crippen LogP contribution in [0, 0.1) is 11.8 Å². The standard InChI is InChI=1S/C53H40N4O/c1-33-29-37(34-11-4-2-5-12-34)21-25-42(33)53-56-51(36-14-6-3-7-15-36)55-52(57-53)40-24-28-48-46(31-40)50-45(17-10-18-49(50)58-48)41-23-27-47(54-32-41)39-22-26-44-38(30-39)20-19-35-13-8-9-16-43(35)44/h2-11,13-17,19-28,30-34,49H,12,18,29H2,1H3. The Morgan fingerprint density at radius 2 is 1.41 bits per heavy atom. The van der Waals surface area contributed by atoms with Gasteiger partial charge in [0.2, 0.25) is 0 Å². The van der Waals surface area contributed by atoms with Gasteiger partial charge < -0.3 is 4.74 Å². The first-order valence-corrected chi connectivity index (χ1v) is 20.3. The van der Waals surface area contributed by atoms with Gasteiger partial charge in [0.1, 0.15) is 11.9 Å². The minimum Gasteiger partial charge on any atom is -0.485 e. The maximum atomic E-state index is 6.60. The molecule has 2 aromatic heterocycles. The van der Waals surface area contributed by atoms with Crippen LogP contribution in [0.5, 0.6) is 5.75 Å². The molecule has 0 saturated carbocycles. The van der Waals surface area contributed by atoms with E-state index in [1.807, 2.05) is 24.4 Å². The average Bonchev–Trinajstić information content (AvgIpc) is 3.67. The summed E-state index contributed by atoms with van der Waals surface area (Å²) in [5.41, 5.74) is 11.0. The zero-order valence-corrected chi connectivity index (χ0v) is 32.2. The lowest BCUT2D eigenvalue weighted by Crippen LogP contribution is -2.14. The molecule has 278 valence electrons. The van der Waals surface area contributed by atoms with Gasteiger partial charge in [0.05, 0.1) is 5.69 Å². The molecule has 5 heteroatoms. The van der Waals surface area contributed by atoms with Crippen molar-refractivity contribution in [2.45, 2.75) is 32.3 Å². The fourth-order valence-electron chi connectivity index (χ4n) is 9.07. The van der Waals surface area contributed by atoms with Crippen LogP contribution in [-0.4, -0.2) is 26.0 Å². The van der Waals surface area contributed by atoms with Crippen LogP contribution in [0.15, 0.2) is 176 Å². The van der Waals surface area contributed by atoms with Crippen LogP contribution < -0.4 is 4.74 Å². The van der Waals surface area contributed by atoms with Crippen LogP contribution in [-0.2, 0) is 0 Å². The fraction of sp³-hybridized carbons (Fsp3) is 0.132. The normalized spacial score (nSPS) is 19.5. The summed E-state index contributed by atoms with van der Waals surface area (Å²) in [5.74, 6) is 3.65. The van der Waals surface area contributed by atoms with Crippen molar-refractivity contribution in [1.82, 2.24) is 19.9 Å². The van der Waals surface area contributed by atoms with Gasteiger partial charge in [-0.3, -0.25) is 4.98 Å². The van der Waals surface area contributed by atoms with Crippen molar-refractivity contribution >= 4 is 38.3 Å². The van der Waals surface area contributed by atoms with Gasteiger partial charge in [-0.2, -0.15) is 0 Å². The summed E-state index contributed by atoms with van der Waals surface area (Å²) in [6.07, 6.45) is 22.6. The molecule has 3 atom stereocenters. The Hall–Kier alpha value is -6.98. The molecule has 0 fully saturated rings. The highest BCUT2D eigenvalue weighted by atomic mass is 16.5. The van der Waals surface area contributed by atoms with Crippen LogP contribution in [0.25, 0.3) is 72.3 Å². The third kappa shape index (κ3) is 6.11. The van der Waals surface area contributed by atoms with Gasteiger partial charge >= 0.3 is 0 Å². The molecule has 4 aliphatic rings. The number of hydrogen-bond acceptors (Lipinski definition) is 5. The van der Waals surface area contributed by atoms with E-state index < -0.39 is 0 Å². The van der Waals surface area contributed by atoms with Crippen molar-refractivity contribution in [3.05, 3.63) is 193 Å². The van der Waals surface area contributed by atoms with Crippen molar-refractivity contribution in [1.29, 1.82) is 0 Å². The zero-order chi connectivity index (χ0) is 38.6. The van der Waals surface area contributed by atoms with Gasteiger partial charge in [-0.05, 0) is 76.2 Å². The minimum atomic E-state index is -0.0715. The van der Waals surface area contributed by atoms with Crippen molar-refractivity contribution < 1.29 is 4.74 Å². The lowest BCUT2D eigenvalue weighted by Gasteiger charge is -2.25. The Labute approximate surface area is 338 Å². The molecule has 0 amide bonds. The first kappa shape index (κ1) is 34.3. The van der Waals surface area contributed by atoms with Crippen LogP contribution in [0.2, 0.25) is 0 Å². The second-order valence-corrected chi connectivity index (χ2v) is 15.7. The molecule has 3 unspecified atom stereocenters. The Kier molecular flexibility index (Phi) is 8.39. The Morgan fingerprint density at radius 3 is 2.26 bits per heavy atom. The molecule has 0 spiro atoms. The van der Waals surface area contributed by atoms with Gasteiger partial charge in [0.15, 0.2) is 17.5 Å². The van der Waals surface area contributed by atoms with Gasteiger partial charge in [0, 0.05) is 57.5 Å². The van der Waals surface area contributed by atoms with Gasteiger partial charge in [-0.25, -0.2) is 15.0 Å². The van der Waals surface area contributed by atoms with Gasteiger partial charge in [-0.1, -0.05) is 146 Å². The molecule has 7 aromatic rings. The predicted molar refractivity (Wildman–Crippen MR) is 237 cm³/mol. The lowest BCUT2D eigenvalue weighted by molar-refractivity contribution is 0.279. The second kappa shape index (κ2) is 14.2. The summed E-state index contributed by atoms with van der Waals surface area (Å²) >= 11 is 0. The molecule has 1 aliphatic heterocycles. The number of aromatic nitrogens is 4. The topological polar surface area (TPSA) is 60.8 Å². The number of nitrogens with zero attached hydrogens (tertiary/aromatic N) is 4. The van der Waals surface area contributed by atoms with E-state index in [9.17, 15) is 0 Å². The Morgan fingerprint density at radius 1 is 0.621 bits per heavy atom. The molecule has 0 radical (unpaired) electrons. The molecule has 0 bridgehead atoms. The van der Waals surface area contributed by atoms with Crippen LogP contribution >= 0.6 is 0 Å². The smallest absolute Gasteiger partial charge is 0.164 e. The third-order valence-electron chi connectivity index (χ3n) is 12.1. The molecule has 5 nitrogen and oxygen atoms in total. The molecule has 3 aliphatic carbocycles. The molecule has 58 heavy (non-hydrogen) atoms. The summed E-state index contributed by atoms with van der Waals surface area (Å²) in [7, 11) is 0. The number of fused-ring (bicyclic) bond motifs is 6.